The first kappa shape index (κ1) is 30.7. The van der Waals surface area contributed by atoms with Gasteiger partial charge in [-0.3, -0.25) is 19.1 Å². The van der Waals surface area contributed by atoms with E-state index in [0.29, 0.717) is 12.1 Å². The van der Waals surface area contributed by atoms with Gasteiger partial charge in [0.15, 0.2) is 0 Å². The number of aryl methyl sites for hydroxylation is 1. The Balaban J connectivity index is 1.32. The Bertz CT molecular complexity index is 1740. The van der Waals surface area contributed by atoms with Crippen molar-refractivity contribution in [1.82, 2.24) is 9.88 Å². The number of aromatic nitrogens is 1. The van der Waals surface area contributed by atoms with E-state index in [1.807, 2.05) is 91.0 Å². The van der Waals surface area contributed by atoms with Crippen LogP contribution in [0.25, 0.3) is 0 Å². The molecule has 10 nitrogen and oxygen atoms in total. The summed E-state index contributed by atoms with van der Waals surface area (Å²) in [7, 11) is -3.87. The lowest BCUT2D eigenvalue weighted by molar-refractivity contribution is -0.168. The number of ether oxygens (including phenoxy) is 2. The number of rotatable bonds is 13. The van der Waals surface area contributed by atoms with Gasteiger partial charge in [0.25, 0.3) is 5.56 Å². The van der Waals surface area contributed by atoms with Crippen molar-refractivity contribution in [3.05, 3.63) is 136 Å². The summed E-state index contributed by atoms with van der Waals surface area (Å²) < 4.78 is 40.5. The van der Waals surface area contributed by atoms with Gasteiger partial charge in [0, 0.05) is 12.1 Å². The predicted octanol–water partition coefficient (Wildman–Crippen LogP) is 3.40. The molecule has 2 atom stereocenters. The Morgan fingerprint density at radius 3 is 2.11 bits per heavy atom. The smallest absolute Gasteiger partial charge is 0.310 e. The molecule has 2 N–H and O–H groups in total. The summed E-state index contributed by atoms with van der Waals surface area (Å²) in [6, 6.07) is 30.2. The van der Waals surface area contributed by atoms with E-state index >= 15 is 0 Å². The van der Waals surface area contributed by atoms with Crippen LogP contribution in [0.5, 0.6) is 0 Å². The van der Waals surface area contributed by atoms with E-state index in [2.05, 4.69) is 10.0 Å². The standard InChI is InChI=1S/C33H33N3O7S/c37-30(34-29-21-31(38)43-33(29)42-23-26-14-8-3-9-15-26)22-36-27(20-25-12-6-2-7-13-25)16-17-28(32(36)39)35-44(40,41)19-18-24-10-4-1-5-11-24/h1-17,29,33,35H,18-23H2,(H,34,37). The molecule has 2 heterocycles. The van der Waals surface area contributed by atoms with Crippen molar-refractivity contribution in [1.29, 1.82) is 0 Å². The fraction of sp³-hybridized carbons (Fsp3) is 0.242. The lowest BCUT2D eigenvalue weighted by atomic mass is 10.1. The molecule has 44 heavy (non-hydrogen) atoms. The van der Waals surface area contributed by atoms with Crippen LogP contribution in [0.2, 0.25) is 0 Å². The van der Waals surface area contributed by atoms with E-state index in [1.54, 1.807) is 6.07 Å². The SMILES string of the molecule is O=C(Cn1c(Cc2ccccc2)ccc(NS(=O)(=O)CCc2ccccc2)c1=O)NC1CC(=O)OC1OCc1ccccc1. The molecule has 0 bridgehead atoms. The van der Waals surface area contributed by atoms with Crippen LogP contribution < -0.4 is 15.6 Å². The summed E-state index contributed by atoms with van der Waals surface area (Å²) in [4.78, 5) is 39.0. The van der Waals surface area contributed by atoms with Gasteiger partial charge in [0.05, 0.1) is 18.8 Å². The van der Waals surface area contributed by atoms with Crippen LogP contribution in [0.1, 0.15) is 28.8 Å². The van der Waals surface area contributed by atoms with Gasteiger partial charge in [-0.25, -0.2) is 8.42 Å². The lowest BCUT2D eigenvalue weighted by Crippen LogP contribution is -2.44. The Kier molecular flexibility index (Phi) is 9.88. The van der Waals surface area contributed by atoms with Gasteiger partial charge in [-0.1, -0.05) is 91.0 Å². The van der Waals surface area contributed by atoms with Crippen molar-refractivity contribution in [2.24, 2.45) is 0 Å². The number of sulfonamides is 1. The zero-order valence-corrected chi connectivity index (χ0v) is 24.7. The molecule has 228 valence electrons. The highest BCUT2D eigenvalue weighted by Crippen LogP contribution is 2.19. The summed E-state index contributed by atoms with van der Waals surface area (Å²) >= 11 is 0. The molecule has 1 amide bonds. The highest BCUT2D eigenvalue weighted by atomic mass is 32.2. The number of hydrogen-bond acceptors (Lipinski definition) is 7. The third-order valence-corrected chi connectivity index (χ3v) is 8.40. The van der Waals surface area contributed by atoms with Gasteiger partial charge < -0.3 is 19.4 Å². The first-order valence-corrected chi connectivity index (χ1v) is 15.9. The van der Waals surface area contributed by atoms with E-state index in [-0.39, 0.29) is 30.9 Å². The number of esters is 1. The number of nitrogens with zero attached hydrogens (tertiary/aromatic N) is 1. The van der Waals surface area contributed by atoms with Crippen molar-refractivity contribution in [2.75, 3.05) is 10.5 Å². The number of nitrogens with one attached hydrogen (secondary N) is 2. The van der Waals surface area contributed by atoms with Crippen molar-refractivity contribution >= 4 is 27.6 Å². The zero-order chi connectivity index (χ0) is 30.9. The van der Waals surface area contributed by atoms with E-state index < -0.39 is 46.3 Å². The molecular formula is C33H33N3O7S. The highest BCUT2D eigenvalue weighted by Gasteiger charge is 2.37. The van der Waals surface area contributed by atoms with Crippen LogP contribution in [-0.2, 0) is 55.1 Å². The number of carbonyl (C=O) groups excluding carboxylic acids is 2. The van der Waals surface area contributed by atoms with Crippen molar-refractivity contribution < 1.29 is 27.5 Å². The number of benzene rings is 3. The van der Waals surface area contributed by atoms with Crippen molar-refractivity contribution in [2.45, 2.75) is 44.7 Å². The third kappa shape index (κ3) is 8.42. The molecule has 1 aliphatic heterocycles. The molecule has 3 aromatic carbocycles. The Hall–Kier alpha value is -4.74. The monoisotopic (exact) mass is 615 g/mol. The van der Waals surface area contributed by atoms with Crippen molar-refractivity contribution in [3.63, 3.8) is 0 Å². The predicted molar refractivity (Wildman–Crippen MR) is 165 cm³/mol. The molecule has 1 fully saturated rings. The van der Waals surface area contributed by atoms with Crippen molar-refractivity contribution in [3.8, 4) is 0 Å². The maximum atomic E-state index is 13.6. The molecule has 5 rings (SSSR count). The van der Waals surface area contributed by atoms with E-state index in [1.165, 1.54) is 10.6 Å². The van der Waals surface area contributed by atoms with Gasteiger partial charge >= 0.3 is 5.97 Å². The van der Waals surface area contributed by atoms with Crippen LogP contribution in [0, 0.1) is 0 Å². The van der Waals surface area contributed by atoms with Crippen LogP contribution in [0.4, 0.5) is 5.69 Å². The van der Waals surface area contributed by atoms with E-state index in [0.717, 1.165) is 16.7 Å². The fourth-order valence-corrected chi connectivity index (χ4v) is 5.99. The van der Waals surface area contributed by atoms with Gasteiger partial charge in [0.2, 0.25) is 22.2 Å². The number of pyridine rings is 1. The molecule has 1 aliphatic rings. The molecule has 4 aromatic rings. The minimum Gasteiger partial charge on any atom is -0.433 e. The molecule has 1 saturated heterocycles. The largest absolute Gasteiger partial charge is 0.433 e. The Morgan fingerprint density at radius 1 is 0.841 bits per heavy atom. The average molecular weight is 616 g/mol. The zero-order valence-electron chi connectivity index (χ0n) is 23.9. The van der Waals surface area contributed by atoms with E-state index in [4.69, 9.17) is 9.47 Å². The van der Waals surface area contributed by atoms with Gasteiger partial charge in [0.1, 0.15) is 18.3 Å². The third-order valence-electron chi connectivity index (χ3n) is 7.13. The van der Waals surface area contributed by atoms with Crippen LogP contribution in [0.3, 0.4) is 0 Å². The highest BCUT2D eigenvalue weighted by molar-refractivity contribution is 7.92. The first-order chi connectivity index (χ1) is 21.3. The summed E-state index contributed by atoms with van der Waals surface area (Å²) in [5, 5.41) is 2.76. The van der Waals surface area contributed by atoms with Crippen LogP contribution >= 0.6 is 0 Å². The molecule has 11 heteroatoms. The molecule has 0 radical (unpaired) electrons. The minimum atomic E-state index is -3.87. The second kappa shape index (κ2) is 14.2. The maximum Gasteiger partial charge on any atom is 0.310 e. The van der Waals surface area contributed by atoms with Gasteiger partial charge in [-0.15, -0.1) is 0 Å². The fourth-order valence-electron chi connectivity index (χ4n) is 4.90. The first-order valence-electron chi connectivity index (χ1n) is 14.2. The topological polar surface area (TPSA) is 133 Å². The quantitative estimate of drug-likeness (QED) is 0.220. The molecule has 1 aromatic heterocycles. The summed E-state index contributed by atoms with van der Waals surface area (Å²) in [6.07, 6.45) is -0.472. The Morgan fingerprint density at radius 2 is 1.45 bits per heavy atom. The minimum absolute atomic E-state index is 0.0851. The van der Waals surface area contributed by atoms with Gasteiger partial charge in [-0.2, -0.15) is 0 Å². The average Bonchev–Trinajstić information content (AvgIpc) is 3.38. The maximum absolute atomic E-state index is 13.6. The molecule has 0 saturated carbocycles. The number of cyclic esters (lactones) is 1. The molecule has 0 spiro atoms. The molecule has 2 unspecified atom stereocenters. The number of carbonyl (C=O) groups is 2. The summed E-state index contributed by atoms with van der Waals surface area (Å²) in [5.41, 5.74) is 2.32. The second-order valence-electron chi connectivity index (χ2n) is 10.5. The Labute approximate surface area is 255 Å². The molecular weight excluding hydrogens is 582 g/mol. The normalized spacial score (nSPS) is 16.3. The number of amides is 1. The van der Waals surface area contributed by atoms with E-state index in [9.17, 15) is 22.8 Å². The number of anilines is 1. The van der Waals surface area contributed by atoms with Crippen LogP contribution in [-0.4, -0.2) is 42.9 Å². The summed E-state index contributed by atoms with van der Waals surface area (Å²) in [6.45, 7) is -0.227. The lowest BCUT2D eigenvalue weighted by Gasteiger charge is -2.20. The van der Waals surface area contributed by atoms with Gasteiger partial charge in [-0.05, 0) is 35.2 Å². The molecule has 0 aliphatic carbocycles. The van der Waals surface area contributed by atoms with Crippen LogP contribution in [0.15, 0.2) is 108 Å². The number of hydrogen-bond donors (Lipinski definition) is 2. The summed E-state index contributed by atoms with van der Waals surface area (Å²) in [5.74, 6) is -1.28. The second-order valence-corrected chi connectivity index (χ2v) is 12.3.